The van der Waals surface area contributed by atoms with Crippen LogP contribution in [0, 0.1) is 13.8 Å². The lowest BCUT2D eigenvalue weighted by atomic mass is 10.1. The first-order valence-corrected chi connectivity index (χ1v) is 7.53. The summed E-state index contributed by atoms with van der Waals surface area (Å²) in [6, 6.07) is 16.4. The van der Waals surface area contributed by atoms with Gasteiger partial charge in [-0.1, -0.05) is 42.5 Å². The van der Waals surface area contributed by atoms with Gasteiger partial charge in [0.1, 0.15) is 0 Å². The van der Waals surface area contributed by atoms with E-state index in [1.54, 1.807) is 0 Å². The highest BCUT2D eigenvalue weighted by atomic mass is 16.2. The van der Waals surface area contributed by atoms with Crippen LogP contribution in [0.15, 0.2) is 48.5 Å². The summed E-state index contributed by atoms with van der Waals surface area (Å²) in [6.07, 6.45) is 1.34. The summed E-state index contributed by atoms with van der Waals surface area (Å²) in [5.74, 6) is 0.190. The standard InChI is InChI=1S/C19H23NO/c1-4-20(18-14-15(2)10-11-16(18)3)19(21)13-12-17-8-6-5-7-9-17/h5-11,14H,4,12-13H2,1-3H3. The molecule has 0 saturated carbocycles. The SMILES string of the molecule is CCN(C(=O)CCc1ccccc1)c1cc(C)ccc1C. The number of rotatable bonds is 5. The number of nitrogens with zero attached hydrogens (tertiary/aromatic N) is 1. The van der Waals surface area contributed by atoms with E-state index in [1.165, 1.54) is 11.1 Å². The first kappa shape index (κ1) is 15.3. The Bertz CT molecular complexity index is 604. The summed E-state index contributed by atoms with van der Waals surface area (Å²) in [4.78, 5) is 14.4. The zero-order valence-electron chi connectivity index (χ0n) is 13.1. The Balaban J connectivity index is 2.10. The fourth-order valence-electron chi connectivity index (χ4n) is 2.52. The van der Waals surface area contributed by atoms with Crippen LogP contribution in [-0.4, -0.2) is 12.5 Å². The highest BCUT2D eigenvalue weighted by Crippen LogP contribution is 2.22. The maximum atomic E-state index is 12.5. The minimum Gasteiger partial charge on any atom is -0.312 e. The topological polar surface area (TPSA) is 20.3 Å². The highest BCUT2D eigenvalue weighted by molar-refractivity contribution is 5.94. The van der Waals surface area contributed by atoms with Gasteiger partial charge in [-0.15, -0.1) is 0 Å². The number of benzene rings is 2. The van der Waals surface area contributed by atoms with Crippen molar-refractivity contribution in [3.8, 4) is 0 Å². The van der Waals surface area contributed by atoms with E-state index in [0.29, 0.717) is 13.0 Å². The second-order valence-corrected chi connectivity index (χ2v) is 5.41. The lowest BCUT2D eigenvalue weighted by Gasteiger charge is -2.23. The van der Waals surface area contributed by atoms with Gasteiger partial charge in [-0.3, -0.25) is 4.79 Å². The van der Waals surface area contributed by atoms with Gasteiger partial charge >= 0.3 is 0 Å². The number of amides is 1. The summed E-state index contributed by atoms with van der Waals surface area (Å²) in [5, 5.41) is 0. The van der Waals surface area contributed by atoms with Gasteiger partial charge in [-0.2, -0.15) is 0 Å². The molecule has 1 amide bonds. The van der Waals surface area contributed by atoms with Crippen LogP contribution in [0.4, 0.5) is 5.69 Å². The Morgan fingerprint density at radius 3 is 2.43 bits per heavy atom. The Hall–Kier alpha value is -2.09. The number of carbonyl (C=O) groups excluding carboxylic acids is 1. The third-order valence-electron chi connectivity index (χ3n) is 3.74. The molecule has 2 aromatic rings. The molecular formula is C19H23NO. The van der Waals surface area contributed by atoms with Crippen LogP contribution in [0.25, 0.3) is 0 Å². The summed E-state index contributed by atoms with van der Waals surface area (Å²) < 4.78 is 0. The van der Waals surface area contributed by atoms with Crippen LogP contribution in [-0.2, 0) is 11.2 Å². The third-order valence-corrected chi connectivity index (χ3v) is 3.74. The van der Waals surface area contributed by atoms with Gasteiger partial charge in [0, 0.05) is 18.7 Å². The van der Waals surface area contributed by atoms with Crippen molar-refractivity contribution in [2.45, 2.75) is 33.6 Å². The number of anilines is 1. The molecule has 21 heavy (non-hydrogen) atoms. The van der Waals surface area contributed by atoms with Gasteiger partial charge in [-0.25, -0.2) is 0 Å². The van der Waals surface area contributed by atoms with E-state index >= 15 is 0 Å². The van der Waals surface area contributed by atoms with Crippen molar-refractivity contribution in [3.05, 3.63) is 65.2 Å². The van der Waals surface area contributed by atoms with Gasteiger partial charge in [0.2, 0.25) is 5.91 Å². The van der Waals surface area contributed by atoms with Crippen molar-refractivity contribution in [2.75, 3.05) is 11.4 Å². The molecule has 0 N–H and O–H groups in total. The summed E-state index contributed by atoms with van der Waals surface area (Å²) >= 11 is 0. The van der Waals surface area contributed by atoms with Gasteiger partial charge < -0.3 is 4.90 Å². The van der Waals surface area contributed by atoms with E-state index in [2.05, 4.69) is 44.2 Å². The van der Waals surface area contributed by atoms with Crippen molar-refractivity contribution in [2.24, 2.45) is 0 Å². The second kappa shape index (κ2) is 7.07. The van der Waals surface area contributed by atoms with Crippen molar-refractivity contribution in [1.29, 1.82) is 0 Å². The second-order valence-electron chi connectivity index (χ2n) is 5.41. The number of aryl methyl sites for hydroxylation is 3. The Morgan fingerprint density at radius 1 is 1.05 bits per heavy atom. The molecule has 0 aromatic heterocycles. The smallest absolute Gasteiger partial charge is 0.227 e. The quantitative estimate of drug-likeness (QED) is 0.800. The molecule has 0 aliphatic rings. The predicted molar refractivity (Wildman–Crippen MR) is 88.7 cm³/mol. The molecule has 0 spiro atoms. The molecule has 0 aliphatic heterocycles. The molecule has 0 aliphatic carbocycles. The molecule has 2 nitrogen and oxygen atoms in total. The monoisotopic (exact) mass is 281 g/mol. The average molecular weight is 281 g/mol. The van der Waals surface area contributed by atoms with Crippen LogP contribution >= 0.6 is 0 Å². The van der Waals surface area contributed by atoms with Crippen molar-refractivity contribution in [1.82, 2.24) is 0 Å². The molecule has 0 fully saturated rings. The average Bonchev–Trinajstić information content (AvgIpc) is 2.50. The van der Waals surface area contributed by atoms with Gasteiger partial charge in [0.15, 0.2) is 0 Å². The lowest BCUT2D eigenvalue weighted by Crippen LogP contribution is -2.31. The minimum absolute atomic E-state index is 0.190. The predicted octanol–water partition coefficient (Wildman–Crippen LogP) is 4.29. The molecule has 0 atom stereocenters. The molecule has 2 aromatic carbocycles. The Morgan fingerprint density at radius 2 is 1.76 bits per heavy atom. The normalized spacial score (nSPS) is 10.4. The van der Waals surface area contributed by atoms with E-state index in [-0.39, 0.29) is 5.91 Å². The maximum Gasteiger partial charge on any atom is 0.227 e. The maximum absolute atomic E-state index is 12.5. The molecule has 0 radical (unpaired) electrons. The fourth-order valence-corrected chi connectivity index (χ4v) is 2.52. The van der Waals surface area contributed by atoms with E-state index in [0.717, 1.165) is 17.7 Å². The molecule has 2 rings (SSSR count). The van der Waals surface area contributed by atoms with E-state index in [9.17, 15) is 4.79 Å². The molecule has 0 heterocycles. The number of hydrogen-bond acceptors (Lipinski definition) is 1. The van der Waals surface area contributed by atoms with Crippen LogP contribution < -0.4 is 4.90 Å². The minimum atomic E-state index is 0.190. The van der Waals surface area contributed by atoms with Gasteiger partial charge in [0.25, 0.3) is 0 Å². The van der Waals surface area contributed by atoms with E-state index in [4.69, 9.17) is 0 Å². The van der Waals surface area contributed by atoms with Crippen LogP contribution in [0.2, 0.25) is 0 Å². The van der Waals surface area contributed by atoms with Crippen molar-refractivity contribution >= 4 is 11.6 Å². The molecule has 0 bridgehead atoms. The van der Waals surface area contributed by atoms with Crippen LogP contribution in [0.3, 0.4) is 0 Å². The zero-order valence-corrected chi connectivity index (χ0v) is 13.1. The Labute approximate surface area is 127 Å². The van der Waals surface area contributed by atoms with Gasteiger partial charge in [0.05, 0.1) is 0 Å². The molecular weight excluding hydrogens is 258 g/mol. The summed E-state index contributed by atoms with van der Waals surface area (Å²) in [6.45, 7) is 6.85. The fraction of sp³-hybridized carbons (Fsp3) is 0.316. The van der Waals surface area contributed by atoms with Crippen molar-refractivity contribution < 1.29 is 4.79 Å². The number of hydrogen-bond donors (Lipinski definition) is 0. The van der Waals surface area contributed by atoms with Crippen molar-refractivity contribution in [3.63, 3.8) is 0 Å². The Kier molecular flexibility index (Phi) is 5.15. The molecule has 0 saturated heterocycles. The third kappa shape index (κ3) is 3.94. The summed E-state index contributed by atoms with van der Waals surface area (Å²) in [7, 11) is 0. The van der Waals surface area contributed by atoms with E-state index in [1.807, 2.05) is 30.0 Å². The van der Waals surface area contributed by atoms with Crippen LogP contribution in [0.5, 0.6) is 0 Å². The van der Waals surface area contributed by atoms with Gasteiger partial charge in [-0.05, 0) is 49.9 Å². The summed E-state index contributed by atoms with van der Waals surface area (Å²) in [5.41, 5.74) is 4.58. The first-order chi connectivity index (χ1) is 10.1. The zero-order chi connectivity index (χ0) is 15.2. The highest BCUT2D eigenvalue weighted by Gasteiger charge is 2.15. The molecule has 2 heteroatoms. The van der Waals surface area contributed by atoms with Crippen LogP contribution in [0.1, 0.15) is 30.0 Å². The largest absolute Gasteiger partial charge is 0.312 e. The molecule has 110 valence electrons. The number of carbonyl (C=O) groups is 1. The molecule has 0 unspecified atom stereocenters. The first-order valence-electron chi connectivity index (χ1n) is 7.53. The lowest BCUT2D eigenvalue weighted by molar-refractivity contribution is -0.118. The van der Waals surface area contributed by atoms with E-state index < -0.39 is 0 Å².